The summed E-state index contributed by atoms with van der Waals surface area (Å²) in [5.41, 5.74) is 2.87. The molecule has 2 nitrogen and oxygen atoms in total. The molecule has 15 heavy (non-hydrogen) atoms. The molecular formula is C10H12Cl2O2S. The van der Waals surface area contributed by atoms with Gasteiger partial charge in [0.15, 0.2) is 0 Å². The maximum Gasteiger partial charge on any atom is 0.232 e. The molecule has 0 atom stereocenters. The van der Waals surface area contributed by atoms with E-state index in [1.54, 1.807) is 0 Å². The van der Waals surface area contributed by atoms with Crippen LogP contribution in [0.25, 0.3) is 0 Å². The number of benzene rings is 1. The van der Waals surface area contributed by atoms with Crippen LogP contribution in [0.3, 0.4) is 0 Å². The van der Waals surface area contributed by atoms with E-state index in [2.05, 4.69) is 0 Å². The topological polar surface area (TPSA) is 34.1 Å². The van der Waals surface area contributed by atoms with Crippen LogP contribution in [0.15, 0.2) is 12.1 Å². The molecule has 0 aliphatic rings. The van der Waals surface area contributed by atoms with Crippen molar-refractivity contribution in [2.75, 3.05) is 5.75 Å². The first kappa shape index (κ1) is 12.8. The van der Waals surface area contributed by atoms with Crippen LogP contribution in [0.2, 0.25) is 5.02 Å². The van der Waals surface area contributed by atoms with Crippen molar-refractivity contribution in [1.29, 1.82) is 0 Å². The summed E-state index contributed by atoms with van der Waals surface area (Å²) in [5, 5.41) is 0.664. The lowest BCUT2D eigenvalue weighted by Gasteiger charge is -2.08. The molecule has 5 heteroatoms. The van der Waals surface area contributed by atoms with Crippen LogP contribution < -0.4 is 0 Å². The van der Waals surface area contributed by atoms with Gasteiger partial charge in [0.2, 0.25) is 9.05 Å². The summed E-state index contributed by atoms with van der Waals surface area (Å²) in [6, 6.07) is 3.79. The molecule has 0 amide bonds. The molecule has 84 valence electrons. The van der Waals surface area contributed by atoms with Crippen molar-refractivity contribution in [3.63, 3.8) is 0 Å². The molecule has 1 aromatic carbocycles. The first-order valence-electron chi connectivity index (χ1n) is 4.47. The summed E-state index contributed by atoms with van der Waals surface area (Å²) in [5.74, 6) is -0.0603. The second kappa shape index (κ2) is 4.73. The Morgan fingerprint density at radius 3 is 2.40 bits per heavy atom. The van der Waals surface area contributed by atoms with Crippen molar-refractivity contribution in [3.05, 3.63) is 33.8 Å². The van der Waals surface area contributed by atoms with E-state index in [0.29, 0.717) is 11.4 Å². The highest BCUT2D eigenvalue weighted by molar-refractivity contribution is 8.13. The first-order chi connectivity index (χ1) is 6.79. The molecule has 0 spiro atoms. The third-order valence-electron chi connectivity index (χ3n) is 2.21. The van der Waals surface area contributed by atoms with E-state index in [9.17, 15) is 8.42 Å². The number of hydrogen-bond acceptors (Lipinski definition) is 2. The van der Waals surface area contributed by atoms with Gasteiger partial charge in [0.1, 0.15) is 0 Å². The highest BCUT2D eigenvalue weighted by Crippen LogP contribution is 2.22. The minimum Gasteiger partial charge on any atom is -0.212 e. The van der Waals surface area contributed by atoms with Crippen LogP contribution in [-0.4, -0.2) is 14.2 Å². The summed E-state index contributed by atoms with van der Waals surface area (Å²) in [6.45, 7) is 3.79. The van der Waals surface area contributed by atoms with E-state index in [4.69, 9.17) is 22.3 Å². The predicted octanol–water partition coefficient (Wildman–Crippen LogP) is 3.07. The number of halogens is 2. The SMILES string of the molecule is Cc1cc(Cl)c(C)c(CCS(=O)(=O)Cl)c1. The molecule has 0 unspecified atom stereocenters. The van der Waals surface area contributed by atoms with Gasteiger partial charge < -0.3 is 0 Å². The van der Waals surface area contributed by atoms with E-state index >= 15 is 0 Å². The molecule has 0 bridgehead atoms. The van der Waals surface area contributed by atoms with Crippen molar-refractivity contribution in [2.24, 2.45) is 0 Å². The van der Waals surface area contributed by atoms with Gasteiger partial charge in [-0.15, -0.1) is 0 Å². The lowest BCUT2D eigenvalue weighted by Crippen LogP contribution is -2.03. The minimum atomic E-state index is -3.44. The fourth-order valence-electron chi connectivity index (χ4n) is 1.38. The van der Waals surface area contributed by atoms with Gasteiger partial charge in [-0.2, -0.15) is 0 Å². The molecule has 0 aliphatic heterocycles. The fourth-order valence-corrected chi connectivity index (χ4v) is 2.37. The number of rotatable bonds is 3. The van der Waals surface area contributed by atoms with E-state index in [0.717, 1.165) is 16.7 Å². The van der Waals surface area contributed by atoms with Crippen molar-refractivity contribution in [3.8, 4) is 0 Å². The molecule has 0 saturated carbocycles. The van der Waals surface area contributed by atoms with Crippen LogP contribution >= 0.6 is 22.3 Å². The lowest BCUT2D eigenvalue weighted by molar-refractivity contribution is 0.609. The van der Waals surface area contributed by atoms with Crippen LogP contribution in [0.5, 0.6) is 0 Å². The fraction of sp³-hybridized carbons (Fsp3) is 0.400. The molecule has 0 aliphatic carbocycles. The lowest BCUT2D eigenvalue weighted by atomic mass is 10.0. The molecule has 0 heterocycles. The third kappa shape index (κ3) is 4.01. The van der Waals surface area contributed by atoms with Gasteiger partial charge in [-0.3, -0.25) is 0 Å². The molecule has 1 rings (SSSR count). The van der Waals surface area contributed by atoms with Gasteiger partial charge >= 0.3 is 0 Å². The smallest absolute Gasteiger partial charge is 0.212 e. The molecule has 0 radical (unpaired) electrons. The molecular weight excluding hydrogens is 255 g/mol. The van der Waals surface area contributed by atoms with Gasteiger partial charge in [0, 0.05) is 15.7 Å². The highest BCUT2D eigenvalue weighted by atomic mass is 35.7. The molecule has 0 aromatic heterocycles. The van der Waals surface area contributed by atoms with Crippen LogP contribution in [0.1, 0.15) is 16.7 Å². The average Bonchev–Trinajstić information content (AvgIpc) is 2.07. The summed E-state index contributed by atoms with van der Waals surface area (Å²) >= 11 is 5.99. The Bertz CT molecular complexity index is 467. The minimum absolute atomic E-state index is 0.0603. The maximum absolute atomic E-state index is 10.8. The third-order valence-corrected chi connectivity index (χ3v) is 3.76. The summed E-state index contributed by atoms with van der Waals surface area (Å²) in [4.78, 5) is 0. The van der Waals surface area contributed by atoms with Crippen LogP contribution in [-0.2, 0) is 15.5 Å². The first-order valence-corrected chi connectivity index (χ1v) is 7.33. The Morgan fingerprint density at radius 1 is 1.27 bits per heavy atom. The number of hydrogen-bond donors (Lipinski definition) is 0. The zero-order valence-corrected chi connectivity index (χ0v) is 10.9. The largest absolute Gasteiger partial charge is 0.232 e. The van der Waals surface area contributed by atoms with E-state index in [1.807, 2.05) is 26.0 Å². The van der Waals surface area contributed by atoms with Gasteiger partial charge in [-0.05, 0) is 43.0 Å². The zero-order valence-electron chi connectivity index (χ0n) is 8.55. The van der Waals surface area contributed by atoms with E-state index in [1.165, 1.54) is 0 Å². The Kier molecular flexibility index (Phi) is 4.04. The molecule has 1 aromatic rings. The Balaban J connectivity index is 2.95. The second-order valence-electron chi connectivity index (χ2n) is 3.52. The Morgan fingerprint density at radius 2 is 1.87 bits per heavy atom. The van der Waals surface area contributed by atoms with Crippen molar-refractivity contribution in [1.82, 2.24) is 0 Å². The molecule has 0 fully saturated rings. The Hall–Kier alpha value is -0.250. The Labute approximate surface area is 99.6 Å². The van der Waals surface area contributed by atoms with Crippen molar-refractivity contribution >= 4 is 31.3 Å². The normalized spacial score (nSPS) is 11.7. The van der Waals surface area contributed by atoms with E-state index in [-0.39, 0.29) is 5.75 Å². The van der Waals surface area contributed by atoms with Crippen LogP contribution in [0.4, 0.5) is 0 Å². The van der Waals surface area contributed by atoms with Gasteiger partial charge in [-0.25, -0.2) is 8.42 Å². The quantitative estimate of drug-likeness (QED) is 0.789. The highest BCUT2D eigenvalue weighted by Gasteiger charge is 2.09. The van der Waals surface area contributed by atoms with Crippen molar-refractivity contribution in [2.45, 2.75) is 20.3 Å². The average molecular weight is 267 g/mol. The van der Waals surface area contributed by atoms with Gasteiger partial charge in [0.25, 0.3) is 0 Å². The van der Waals surface area contributed by atoms with Gasteiger partial charge in [0.05, 0.1) is 5.75 Å². The van der Waals surface area contributed by atoms with Crippen molar-refractivity contribution < 1.29 is 8.42 Å². The van der Waals surface area contributed by atoms with E-state index < -0.39 is 9.05 Å². The molecule has 0 saturated heterocycles. The standard InChI is InChI=1S/C10H12Cl2O2S/c1-7-5-9(3-4-15(12,13)14)8(2)10(11)6-7/h5-6H,3-4H2,1-2H3. The summed E-state index contributed by atoms with van der Waals surface area (Å²) in [6.07, 6.45) is 0.402. The molecule has 0 N–H and O–H groups in total. The number of aryl methyl sites for hydroxylation is 2. The zero-order chi connectivity index (χ0) is 11.6. The van der Waals surface area contributed by atoms with Gasteiger partial charge in [-0.1, -0.05) is 17.7 Å². The van der Waals surface area contributed by atoms with Crippen LogP contribution in [0, 0.1) is 13.8 Å². The summed E-state index contributed by atoms with van der Waals surface area (Å²) in [7, 11) is 1.72. The monoisotopic (exact) mass is 266 g/mol. The second-order valence-corrected chi connectivity index (χ2v) is 6.83. The summed E-state index contributed by atoms with van der Waals surface area (Å²) < 4.78 is 21.6. The maximum atomic E-state index is 10.8. The predicted molar refractivity (Wildman–Crippen MR) is 64.3 cm³/mol.